The van der Waals surface area contributed by atoms with Crippen LogP contribution in [0.25, 0.3) is 0 Å². The summed E-state index contributed by atoms with van der Waals surface area (Å²) in [5.41, 5.74) is 1.72. The minimum Gasteiger partial charge on any atom is -0.496 e. The number of hydrogen-bond acceptors (Lipinski definition) is 4. The van der Waals surface area contributed by atoms with Crippen LogP contribution >= 0.6 is 0 Å². The molecule has 20 heavy (non-hydrogen) atoms. The van der Waals surface area contributed by atoms with Crippen molar-refractivity contribution >= 4 is 0 Å². The van der Waals surface area contributed by atoms with E-state index in [4.69, 9.17) is 10.00 Å². The number of aliphatic hydroxyl groups excluding tert-OH is 1. The van der Waals surface area contributed by atoms with E-state index in [1.807, 2.05) is 12.1 Å². The molecular formula is C16H20N2O2. The first-order chi connectivity index (χ1) is 9.71. The maximum Gasteiger partial charge on any atom is 0.123 e. The van der Waals surface area contributed by atoms with Crippen LogP contribution in [0.1, 0.15) is 24.0 Å². The summed E-state index contributed by atoms with van der Waals surface area (Å²) in [5, 5.41) is 19.0. The molecule has 0 aromatic heterocycles. The molecule has 4 nitrogen and oxygen atoms in total. The molecule has 1 N–H and O–H groups in total. The van der Waals surface area contributed by atoms with Crippen LogP contribution in [0, 0.1) is 23.2 Å². The highest BCUT2D eigenvalue weighted by molar-refractivity contribution is 5.42. The third-order valence-electron chi connectivity index (χ3n) is 4.70. The predicted molar refractivity (Wildman–Crippen MR) is 75.2 cm³/mol. The van der Waals surface area contributed by atoms with Gasteiger partial charge in [-0.3, -0.25) is 4.90 Å². The van der Waals surface area contributed by atoms with Crippen LogP contribution in [-0.4, -0.2) is 36.3 Å². The van der Waals surface area contributed by atoms with Gasteiger partial charge in [0, 0.05) is 31.1 Å². The topological polar surface area (TPSA) is 56.5 Å². The van der Waals surface area contributed by atoms with Crippen molar-refractivity contribution in [2.45, 2.75) is 25.5 Å². The van der Waals surface area contributed by atoms with Crippen LogP contribution in [0.5, 0.6) is 5.75 Å². The standard InChI is InChI=1S/C16H20N2O2/c1-20-16-5-2-11(7-17)6-13(16)9-18-8-12-3-4-15(19)14(12)10-18/h2,5-6,12,14-15,19H,3-4,8-10H2,1H3. The zero-order valence-corrected chi connectivity index (χ0v) is 11.7. The zero-order valence-electron chi connectivity index (χ0n) is 11.7. The maximum absolute atomic E-state index is 9.97. The second-order valence-corrected chi connectivity index (χ2v) is 5.90. The van der Waals surface area contributed by atoms with Crippen LogP contribution < -0.4 is 4.74 Å². The summed E-state index contributed by atoms with van der Waals surface area (Å²) in [6, 6.07) is 7.73. The van der Waals surface area contributed by atoms with Gasteiger partial charge in [0.2, 0.25) is 0 Å². The lowest BCUT2D eigenvalue weighted by Crippen LogP contribution is -2.24. The van der Waals surface area contributed by atoms with Crippen molar-refractivity contribution in [1.82, 2.24) is 4.90 Å². The molecule has 0 bridgehead atoms. The average molecular weight is 272 g/mol. The van der Waals surface area contributed by atoms with E-state index in [2.05, 4.69) is 11.0 Å². The fourth-order valence-corrected chi connectivity index (χ4v) is 3.67. The molecule has 0 radical (unpaired) electrons. The summed E-state index contributed by atoms with van der Waals surface area (Å²) < 4.78 is 5.38. The second-order valence-electron chi connectivity index (χ2n) is 5.90. The molecule has 3 unspecified atom stereocenters. The van der Waals surface area contributed by atoms with Gasteiger partial charge in [0.05, 0.1) is 24.8 Å². The van der Waals surface area contributed by atoms with Crippen molar-refractivity contribution in [3.05, 3.63) is 29.3 Å². The molecule has 1 aromatic carbocycles. The third-order valence-corrected chi connectivity index (χ3v) is 4.70. The van der Waals surface area contributed by atoms with Crippen LogP contribution in [0.3, 0.4) is 0 Å². The fourth-order valence-electron chi connectivity index (χ4n) is 3.67. The van der Waals surface area contributed by atoms with Crippen LogP contribution in [0.4, 0.5) is 0 Å². The number of likely N-dealkylation sites (tertiary alicyclic amines) is 1. The zero-order chi connectivity index (χ0) is 14.1. The van der Waals surface area contributed by atoms with Gasteiger partial charge < -0.3 is 9.84 Å². The van der Waals surface area contributed by atoms with Crippen molar-refractivity contribution < 1.29 is 9.84 Å². The maximum atomic E-state index is 9.97. The van der Waals surface area contributed by atoms with Gasteiger partial charge in [-0.2, -0.15) is 5.26 Å². The second kappa shape index (κ2) is 5.43. The Balaban J connectivity index is 1.74. The Bertz CT molecular complexity index is 538. The summed E-state index contributed by atoms with van der Waals surface area (Å²) in [5.74, 6) is 1.90. The molecule has 1 aliphatic heterocycles. The Morgan fingerprint density at radius 2 is 2.25 bits per heavy atom. The Labute approximate surface area is 119 Å². The van der Waals surface area contributed by atoms with Gasteiger partial charge in [-0.05, 0) is 37.0 Å². The summed E-state index contributed by atoms with van der Waals surface area (Å²) in [6.07, 6.45) is 1.96. The van der Waals surface area contributed by atoms with E-state index in [-0.39, 0.29) is 6.10 Å². The van der Waals surface area contributed by atoms with Crippen molar-refractivity contribution in [2.75, 3.05) is 20.2 Å². The molecule has 1 heterocycles. The SMILES string of the molecule is COc1ccc(C#N)cc1CN1CC2CCC(O)C2C1. The van der Waals surface area contributed by atoms with Crippen LogP contribution in [0.2, 0.25) is 0 Å². The number of nitriles is 1. The molecule has 0 amide bonds. The lowest BCUT2D eigenvalue weighted by molar-refractivity contribution is 0.123. The summed E-state index contributed by atoms with van der Waals surface area (Å²) in [4.78, 5) is 2.37. The van der Waals surface area contributed by atoms with E-state index in [1.54, 1.807) is 13.2 Å². The van der Waals surface area contributed by atoms with Crippen molar-refractivity contribution in [3.63, 3.8) is 0 Å². The monoisotopic (exact) mass is 272 g/mol. The largest absolute Gasteiger partial charge is 0.496 e. The highest BCUT2D eigenvalue weighted by atomic mass is 16.5. The van der Waals surface area contributed by atoms with E-state index < -0.39 is 0 Å². The van der Waals surface area contributed by atoms with E-state index in [0.717, 1.165) is 43.8 Å². The van der Waals surface area contributed by atoms with E-state index in [0.29, 0.717) is 17.4 Å². The molecule has 4 heteroatoms. The average Bonchev–Trinajstić information content (AvgIpc) is 3.01. The molecule has 106 valence electrons. The van der Waals surface area contributed by atoms with Gasteiger partial charge in [0.15, 0.2) is 0 Å². The number of rotatable bonds is 3. The Hall–Kier alpha value is -1.57. The number of hydrogen-bond donors (Lipinski definition) is 1. The molecule has 2 aliphatic rings. The third kappa shape index (κ3) is 2.39. The van der Waals surface area contributed by atoms with E-state index in [9.17, 15) is 5.11 Å². The molecule has 1 saturated heterocycles. The highest BCUT2D eigenvalue weighted by Gasteiger charge is 2.41. The lowest BCUT2D eigenvalue weighted by Gasteiger charge is -2.19. The number of fused-ring (bicyclic) bond motifs is 1. The first-order valence-corrected chi connectivity index (χ1v) is 7.18. The molecule has 1 aliphatic carbocycles. The first-order valence-electron chi connectivity index (χ1n) is 7.18. The minimum absolute atomic E-state index is 0.127. The minimum atomic E-state index is -0.127. The molecule has 1 aromatic rings. The van der Waals surface area contributed by atoms with Gasteiger partial charge in [0.1, 0.15) is 5.75 Å². The fraction of sp³-hybridized carbons (Fsp3) is 0.562. The number of aliphatic hydroxyl groups is 1. The normalized spacial score (nSPS) is 29.1. The van der Waals surface area contributed by atoms with Crippen molar-refractivity contribution in [3.8, 4) is 11.8 Å². The first kappa shape index (κ1) is 13.4. The predicted octanol–water partition coefficient (Wildman–Crippen LogP) is 1.77. The number of benzene rings is 1. The Morgan fingerprint density at radius 3 is 2.95 bits per heavy atom. The highest BCUT2D eigenvalue weighted by Crippen LogP contribution is 2.39. The van der Waals surface area contributed by atoms with Crippen molar-refractivity contribution in [1.29, 1.82) is 5.26 Å². The summed E-state index contributed by atoms with van der Waals surface area (Å²) in [7, 11) is 1.66. The van der Waals surface area contributed by atoms with Gasteiger partial charge in [-0.25, -0.2) is 0 Å². The van der Waals surface area contributed by atoms with Crippen molar-refractivity contribution in [2.24, 2.45) is 11.8 Å². The van der Waals surface area contributed by atoms with Gasteiger partial charge in [-0.15, -0.1) is 0 Å². The number of ether oxygens (including phenoxy) is 1. The van der Waals surface area contributed by atoms with Gasteiger partial charge >= 0.3 is 0 Å². The molecule has 2 fully saturated rings. The Morgan fingerprint density at radius 1 is 1.40 bits per heavy atom. The molecule has 3 rings (SSSR count). The molecule has 3 atom stereocenters. The molecular weight excluding hydrogens is 252 g/mol. The molecule has 1 saturated carbocycles. The van der Waals surface area contributed by atoms with Gasteiger partial charge in [-0.1, -0.05) is 0 Å². The quantitative estimate of drug-likeness (QED) is 0.911. The number of nitrogens with zero attached hydrogens (tertiary/aromatic N) is 2. The number of methoxy groups -OCH3 is 1. The lowest BCUT2D eigenvalue weighted by atomic mass is 10.00. The van der Waals surface area contributed by atoms with E-state index >= 15 is 0 Å². The summed E-state index contributed by atoms with van der Waals surface area (Å²) in [6.45, 7) is 2.78. The Kier molecular flexibility index (Phi) is 3.64. The smallest absolute Gasteiger partial charge is 0.123 e. The van der Waals surface area contributed by atoms with Gasteiger partial charge in [0.25, 0.3) is 0 Å². The van der Waals surface area contributed by atoms with E-state index in [1.165, 1.54) is 0 Å². The van der Waals surface area contributed by atoms with Crippen LogP contribution in [-0.2, 0) is 6.54 Å². The van der Waals surface area contributed by atoms with Crippen LogP contribution in [0.15, 0.2) is 18.2 Å². The molecule has 0 spiro atoms. The summed E-state index contributed by atoms with van der Waals surface area (Å²) >= 11 is 0.